The largest absolute Gasteiger partial charge is 0.479 e. The SMILES string of the molecule is C=CCC(CC=C)C(=O)N1CCC(F)(C(=O)O)C1. The van der Waals surface area contributed by atoms with Crippen LogP contribution < -0.4 is 0 Å². The molecule has 0 radical (unpaired) electrons. The van der Waals surface area contributed by atoms with Gasteiger partial charge in [-0.15, -0.1) is 13.2 Å². The number of alkyl halides is 1. The second-order valence-electron chi connectivity index (χ2n) is 4.53. The minimum absolute atomic E-state index is 0.145. The number of carbonyl (C=O) groups excluding carboxylic acids is 1. The van der Waals surface area contributed by atoms with Crippen LogP contribution in [0.25, 0.3) is 0 Å². The lowest BCUT2D eigenvalue weighted by atomic mass is 10.00. The summed E-state index contributed by atoms with van der Waals surface area (Å²) in [7, 11) is 0. The minimum atomic E-state index is -2.30. The van der Waals surface area contributed by atoms with Crippen molar-refractivity contribution in [2.75, 3.05) is 13.1 Å². The van der Waals surface area contributed by atoms with Crippen LogP contribution in [0.4, 0.5) is 4.39 Å². The summed E-state index contributed by atoms with van der Waals surface area (Å²) in [5.41, 5.74) is -2.30. The summed E-state index contributed by atoms with van der Waals surface area (Å²) in [6, 6.07) is 0. The van der Waals surface area contributed by atoms with E-state index in [-0.39, 0.29) is 31.3 Å². The Morgan fingerprint density at radius 3 is 2.33 bits per heavy atom. The standard InChI is InChI=1S/C13H18FNO3/c1-3-5-10(6-4-2)11(16)15-8-7-13(14,9-15)12(17)18/h3-4,10H,1-2,5-9H2,(H,17,18). The number of carboxylic acid groups (broad SMARTS) is 1. The van der Waals surface area contributed by atoms with E-state index in [1.54, 1.807) is 12.2 Å². The second-order valence-corrected chi connectivity index (χ2v) is 4.53. The molecule has 0 aromatic carbocycles. The topological polar surface area (TPSA) is 57.6 Å². The van der Waals surface area contributed by atoms with Gasteiger partial charge in [0, 0.05) is 18.9 Å². The molecule has 1 amide bonds. The van der Waals surface area contributed by atoms with E-state index in [0.29, 0.717) is 12.8 Å². The van der Waals surface area contributed by atoms with E-state index in [4.69, 9.17) is 5.11 Å². The average Bonchev–Trinajstić information content (AvgIpc) is 2.72. The predicted molar refractivity (Wildman–Crippen MR) is 65.8 cm³/mol. The third-order valence-corrected chi connectivity index (χ3v) is 3.17. The second kappa shape index (κ2) is 5.80. The molecule has 0 aliphatic carbocycles. The summed E-state index contributed by atoms with van der Waals surface area (Å²) in [5, 5.41) is 8.77. The fourth-order valence-corrected chi connectivity index (χ4v) is 2.09. The van der Waals surface area contributed by atoms with Gasteiger partial charge >= 0.3 is 5.97 Å². The molecule has 18 heavy (non-hydrogen) atoms. The molecule has 4 nitrogen and oxygen atoms in total. The maximum atomic E-state index is 13.8. The molecule has 1 N–H and O–H groups in total. The third kappa shape index (κ3) is 2.97. The number of nitrogens with zero attached hydrogens (tertiary/aromatic N) is 1. The molecule has 1 atom stereocenters. The Balaban J connectivity index is 2.70. The molecule has 1 unspecified atom stereocenters. The predicted octanol–water partition coefficient (Wildman–Crippen LogP) is 1.78. The quantitative estimate of drug-likeness (QED) is 0.736. The highest BCUT2D eigenvalue weighted by Gasteiger charge is 2.47. The summed E-state index contributed by atoms with van der Waals surface area (Å²) >= 11 is 0. The molecule has 1 saturated heterocycles. The van der Waals surface area contributed by atoms with Gasteiger partial charge in [0.05, 0.1) is 6.54 Å². The van der Waals surface area contributed by atoms with E-state index in [9.17, 15) is 14.0 Å². The van der Waals surface area contributed by atoms with E-state index in [1.807, 2.05) is 0 Å². The van der Waals surface area contributed by atoms with Crippen LogP contribution >= 0.6 is 0 Å². The number of aliphatic carboxylic acids is 1. The van der Waals surface area contributed by atoms with E-state index in [2.05, 4.69) is 13.2 Å². The van der Waals surface area contributed by atoms with Crippen molar-refractivity contribution in [3.63, 3.8) is 0 Å². The lowest BCUT2D eigenvalue weighted by Crippen LogP contribution is -2.40. The summed E-state index contributed by atoms with van der Waals surface area (Å²) in [4.78, 5) is 24.2. The lowest BCUT2D eigenvalue weighted by molar-refractivity contribution is -0.150. The number of carboxylic acids is 1. The van der Waals surface area contributed by atoms with Gasteiger partial charge in [0.1, 0.15) is 0 Å². The van der Waals surface area contributed by atoms with Crippen LogP contribution in [0.2, 0.25) is 0 Å². The van der Waals surface area contributed by atoms with Gasteiger partial charge in [-0.2, -0.15) is 0 Å². The highest BCUT2D eigenvalue weighted by Crippen LogP contribution is 2.28. The van der Waals surface area contributed by atoms with Crippen molar-refractivity contribution < 1.29 is 19.1 Å². The number of halogens is 1. The molecule has 5 heteroatoms. The first kappa shape index (κ1) is 14.4. The fourth-order valence-electron chi connectivity index (χ4n) is 2.09. The van der Waals surface area contributed by atoms with Gasteiger partial charge < -0.3 is 10.0 Å². The Morgan fingerprint density at radius 1 is 1.39 bits per heavy atom. The van der Waals surface area contributed by atoms with E-state index < -0.39 is 11.6 Å². The molecule has 0 aromatic rings. The van der Waals surface area contributed by atoms with Crippen molar-refractivity contribution in [1.29, 1.82) is 0 Å². The molecule has 1 aliphatic heterocycles. The van der Waals surface area contributed by atoms with Crippen LogP contribution in [-0.2, 0) is 9.59 Å². The number of likely N-dealkylation sites (tertiary alicyclic amines) is 1. The first-order chi connectivity index (χ1) is 8.44. The Bertz CT molecular complexity index is 359. The number of rotatable bonds is 6. The molecule has 0 spiro atoms. The summed E-state index contributed by atoms with van der Waals surface area (Å²) in [5.74, 6) is -2.05. The van der Waals surface area contributed by atoms with Crippen LogP contribution in [0.3, 0.4) is 0 Å². The molecule has 0 saturated carbocycles. The van der Waals surface area contributed by atoms with Gasteiger partial charge in [-0.05, 0) is 12.8 Å². The van der Waals surface area contributed by atoms with Crippen LogP contribution in [0.5, 0.6) is 0 Å². The summed E-state index contributed by atoms with van der Waals surface area (Å²) in [6.45, 7) is 6.93. The van der Waals surface area contributed by atoms with Gasteiger partial charge in [0.15, 0.2) is 0 Å². The highest BCUT2D eigenvalue weighted by atomic mass is 19.1. The average molecular weight is 255 g/mol. The number of allylic oxidation sites excluding steroid dienone is 2. The number of hydrogen-bond donors (Lipinski definition) is 1. The highest BCUT2D eigenvalue weighted by molar-refractivity contribution is 5.83. The van der Waals surface area contributed by atoms with Gasteiger partial charge in [-0.1, -0.05) is 12.2 Å². The number of hydrogen-bond acceptors (Lipinski definition) is 2. The smallest absolute Gasteiger partial charge is 0.343 e. The summed E-state index contributed by atoms with van der Waals surface area (Å²) < 4.78 is 13.8. The van der Waals surface area contributed by atoms with E-state index in [0.717, 1.165) is 0 Å². The van der Waals surface area contributed by atoms with Gasteiger partial charge in [0.25, 0.3) is 0 Å². The van der Waals surface area contributed by atoms with Crippen LogP contribution in [0, 0.1) is 5.92 Å². The summed E-state index contributed by atoms with van der Waals surface area (Å²) in [6.07, 6.45) is 4.06. The Hall–Kier alpha value is -1.65. The van der Waals surface area contributed by atoms with Crippen LogP contribution in [0.15, 0.2) is 25.3 Å². The van der Waals surface area contributed by atoms with Crippen molar-refractivity contribution in [3.05, 3.63) is 25.3 Å². The number of amides is 1. The molecule has 0 bridgehead atoms. The normalized spacial score (nSPS) is 23.1. The van der Waals surface area contributed by atoms with Crippen molar-refractivity contribution in [2.45, 2.75) is 24.9 Å². The molecule has 1 rings (SSSR count). The molecule has 1 aliphatic rings. The van der Waals surface area contributed by atoms with Crippen molar-refractivity contribution in [2.24, 2.45) is 5.92 Å². The zero-order valence-electron chi connectivity index (χ0n) is 10.3. The molecule has 1 heterocycles. The van der Waals surface area contributed by atoms with Gasteiger partial charge in [-0.3, -0.25) is 4.79 Å². The monoisotopic (exact) mass is 255 g/mol. The Kier molecular flexibility index (Phi) is 4.64. The first-order valence-corrected chi connectivity index (χ1v) is 5.87. The Morgan fingerprint density at radius 2 is 1.94 bits per heavy atom. The molecule has 1 fully saturated rings. The van der Waals surface area contributed by atoms with Gasteiger partial charge in [-0.25, -0.2) is 9.18 Å². The zero-order chi connectivity index (χ0) is 13.8. The van der Waals surface area contributed by atoms with Crippen molar-refractivity contribution in [1.82, 2.24) is 4.90 Å². The fraction of sp³-hybridized carbons (Fsp3) is 0.538. The molecular weight excluding hydrogens is 237 g/mol. The molecule has 0 aromatic heterocycles. The third-order valence-electron chi connectivity index (χ3n) is 3.17. The Labute approximate surface area is 106 Å². The van der Waals surface area contributed by atoms with Crippen molar-refractivity contribution in [3.8, 4) is 0 Å². The molecular formula is C13H18FNO3. The maximum absolute atomic E-state index is 13.8. The zero-order valence-corrected chi connectivity index (χ0v) is 10.3. The van der Waals surface area contributed by atoms with Gasteiger partial charge in [0.2, 0.25) is 11.6 Å². The van der Waals surface area contributed by atoms with Crippen LogP contribution in [-0.4, -0.2) is 40.6 Å². The lowest BCUT2D eigenvalue weighted by Gasteiger charge is -2.22. The van der Waals surface area contributed by atoms with E-state index in [1.165, 1.54) is 4.90 Å². The first-order valence-electron chi connectivity index (χ1n) is 5.87. The minimum Gasteiger partial charge on any atom is -0.479 e. The number of carbonyl (C=O) groups is 2. The van der Waals surface area contributed by atoms with E-state index >= 15 is 0 Å². The molecule has 100 valence electrons. The maximum Gasteiger partial charge on any atom is 0.343 e. The van der Waals surface area contributed by atoms with Crippen LogP contribution in [0.1, 0.15) is 19.3 Å². The van der Waals surface area contributed by atoms with Crippen molar-refractivity contribution >= 4 is 11.9 Å².